The Balaban J connectivity index is 2.82. The van der Waals surface area contributed by atoms with Gasteiger partial charge >= 0.3 is 0 Å². The molecule has 3 nitrogen and oxygen atoms in total. The summed E-state index contributed by atoms with van der Waals surface area (Å²) in [4.78, 5) is 4.29. The lowest BCUT2D eigenvalue weighted by molar-refractivity contribution is 0.968. The summed E-state index contributed by atoms with van der Waals surface area (Å²) in [6.07, 6.45) is 3.85. The average Bonchev–Trinajstić information content (AvgIpc) is 2.44. The van der Waals surface area contributed by atoms with E-state index in [1.807, 2.05) is 32.6 Å². The van der Waals surface area contributed by atoms with Crippen molar-refractivity contribution in [3.63, 3.8) is 0 Å². The second-order valence-corrected chi connectivity index (χ2v) is 2.77. The quantitative estimate of drug-likeness (QED) is 0.688. The van der Waals surface area contributed by atoms with Crippen LogP contribution in [0.1, 0.15) is 0 Å². The molecule has 0 aliphatic heterocycles. The number of aromatic nitrogens is 2. The predicted molar refractivity (Wildman–Crippen MR) is 50.3 cm³/mol. The zero-order valence-corrected chi connectivity index (χ0v) is 7.20. The van der Waals surface area contributed by atoms with Crippen LogP contribution < -0.4 is 5.32 Å². The Morgan fingerprint density at radius 2 is 2.33 bits per heavy atom. The summed E-state index contributed by atoms with van der Waals surface area (Å²) in [5.74, 6) is 0. The molecule has 0 bridgehead atoms. The molecule has 2 aromatic rings. The second-order valence-electron chi connectivity index (χ2n) is 2.77. The summed E-state index contributed by atoms with van der Waals surface area (Å²) < 4.78 is 2.06. The van der Waals surface area contributed by atoms with Crippen LogP contribution in [0.2, 0.25) is 0 Å². The van der Waals surface area contributed by atoms with E-state index in [2.05, 4.69) is 20.9 Å². The first-order valence-electron chi connectivity index (χ1n) is 3.90. The molecule has 2 heterocycles. The van der Waals surface area contributed by atoms with Crippen molar-refractivity contribution in [3.05, 3.63) is 24.5 Å². The molecule has 12 heavy (non-hydrogen) atoms. The van der Waals surface area contributed by atoms with Gasteiger partial charge < -0.3 is 9.88 Å². The van der Waals surface area contributed by atoms with Crippen molar-refractivity contribution in [2.24, 2.45) is 7.05 Å². The summed E-state index contributed by atoms with van der Waals surface area (Å²) in [5, 5.41) is 3.11. The van der Waals surface area contributed by atoms with Gasteiger partial charge in [0, 0.05) is 26.5 Å². The Hall–Kier alpha value is -1.51. The summed E-state index contributed by atoms with van der Waals surface area (Å²) in [6, 6.07) is 4.00. The summed E-state index contributed by atoms with van der Waals surface area (Å²) in [7, 11) is 3.92. The molecule has 0 amide bonds. The Bertz CT molecular complexity index is 403. The van der Waals surface area contributed by atoms with Gasteiger partial charge in [0.2, 0.25) is 0 Å². The highest BCUT2D eigenvalue weighted by Crippen LogP contribution is 2.21. The van der Waals surface area contributed by atoms with Crippen molar-refractivity contribution in [2.75, 3.05) is 12.4 Å². The number of hydrogen-bond donors (Lipinski definition) is 1. The van der Waals surface area contributed by atoms with Crippen LogP contribution in [0.25, 0.3) is 11.0 Å². The molecule has 2 aromatic heterocycles. The number of aryl methyl sites for hydroxylation is 1. The molecule has 0 aromatic carbocycles. The highest BCUT2D eigenvalue weighted by atomic mass is 15.0. The van der Waals surface area contributed by atoms with Gasteiger partial charge in [-0.25, -0.2) is 0 Å². The van der Waals surface area contributed by atoms with Gasteiger partial charge in [-0.3, -0.25) is 4.98 Å². The predicted octanol–water partition coefficient (Wildman–Crippen LogP) is 1.61. The summed E-state index contributed by atoms with van der Waals surface area (Å²) in [5.41, 5.74) is 3.26. The fourth-order valence-electron chi connectivity index (χ4n) is 1.40. The highest BCUT2D eigenvalue weighted by Gasteiger charge is 2.03. The molecule has 0 unspecified atom stereocenters. The lowest BCUT2D eigenvalue weighted by atomic mass is 10.3. The van der Waals surface area contributed by atoms with E-state index >= 15 is 0 Å². The number of hydrogen-bond acceptors (Lipinski definition) is 2. The van der Waals surface area contributed by atoms with Crippen LogP contribution in [0.4, 0.5) is 5.69 Å². The molecule has 0 spiro atoms. The topological polar surface area (TPSA) is 29.9 Å². The van der Waals surface area contributed by atoms with Crippen molar-refractivity contribution in [1.82, 2.24) is 9.55 Å². The molecule has 62 valence electrons. The lowest BCUT2D eigenvalue weighted by Crippen LogP contribution is -1.85. The zero-order valence-electron chi connectivity index (χ0n) is 7.20. The van der Waals surface area contributed by atoms with Gasteiger partial charge in [0.25, 0.3) is 0 Å². The van der Waals surface area contributed by atoms with E-state index in [-0.39, 0.29) is 0 Å². The Morgan fingerprint density at radius 1 is 1.50 bits per heavy atom. The molecule has 0 atom stereocenters. The van der Waals surface area contributed by atoms with Crippen LogP contribution in [-0.2, 0) is 7.05 Å². The zero-order chi connectivity index (χ0) is 8.55. The van der Waals surface area contributed by atoms with Gasteiger partial charge in [0.1, 0.15) is 5.52 Å². The molecule has 0 saturated heterocycles. The number of anilines is 1. The van der Waals surface area contributed by atoms with Crippen molar-refractivity contribution in [3.8, 4) is 0 Å². The average molecular weight is 161 g/mol. The van der Waals surface area contributed by atoms with E-state index in [1.54, 1.807) is 0 Å². The van der Waals surface area contributed by atoms with Crippen molar-refractivity contribution < 1.29 is 0 Å². The van der Waals surface area contributed by atoms with E-state index in [0.29, 0.717) is 0 Å². The molecular formula is C9H11N3. The minimum atomic E-state index is 1.03. The van der Waals surface area contributed by atoms with E-state index in [0.717, 1.165) is 16.7 Å². The van der Waals surface area contributed by atoms with Gasteiger partial charge in [-0.1, -0.05) is 0 Å². The first-order valence-corrected chi connectivity index (χ1v) is 3.90. The van der Waals surface area contributed by atoms with Crippen LogP contribution in [0.5, 0.6) is 0 Å². The summed E-state index contributed by atoms with van der Waals surface area (Å²) >= 11 is 0. The molecule has 0 aliphatic carbocycles. The van der Waals surface area contributed by atoms with Gasteiger partial charge in [-0.05, 0) is 12.1 Å². The first kappa shape index (κ1) is 7.16. The number of nitrogens with zero attached hydrogens (tertiary/aromatic N) is 2. The number of pyridine rings is 1. The van der Waals surface area contributed by atoms with Crippen molar-refractivity contribution >= 4 is 16.7 Å². The van der Waals surface area contributed by atoms with Crippen LogP contribution in [0.15, 0.2) is 24.5 Å². The standard InChI is InChI=1S/C9H11N3/c1-10-7-6-12(2)8-4-3-5-11-9(7)8/h3-6,10H,1-2H3. The number of nitrogens with one attached hydrogen (secondary N) is 1. The Kier molecular flexibility index (Phi) is 1.50. The maximum Gasteiger partial charge on any atom is 0.111 e. The lowest BCUT2D eigenvalue weighted by Gasteiger charge is -1.93. The van der Waals surface area contributed by atoms with Crippen LogP contribution in [0, 0.1) is 0 Å². The molecular weight excluding hydrogens is 150 g/mol. The van der Waals surface area contributed by atoms with Crippen molar-refractivity contribution in [2.45, 2.75) is 0 Å². The van der Waals surface area contributed by atoms with E-state index in [1.165, 1.54) is 0 Å². The molecule has 1 N–H and O–H groups in total. The smallest absolute Gasteiger partial charge is 0.111 e. The van der Waals surface area contributed by atoms with E-state index in [4.69, 9.17) is 0 Å². The minimum absolute atomic E-state index is 1.03. The fourth-order valence-corrected chi connectivity index (χ4v) is 1.40. The van der Waals surface area contributed by atoms with Gasteiger partial charge in [-0.2, -0.15) is 0 Å². The third kappa shape index (κ3) is 0.863. The fraction of sp³-hybridized carbons (Fsp3) is 0.222. The second kappa shape index (κ2) is 2.52. The first-order chi connectivity index (χ1) is 5.83. The summed E-state index contributed by atoms with van der Waals surface area (Å²) in [6.45, 7) is 0. The van der Waals surface area contributed by atoms with E-state index < -0.39 is 0 Å². The maximum absolute atomic E-state index is 4.29. The maximum atomic E-state index is 4.29. The molecule has 0 fully saturated rings. The van der Waals surface area contributed by atoms with Crippen LogP contribution in [0.3, 0.4) is 0 Å². The Morgan fingerprint density at radius 3 is 3.08 bits per heavy atom. The molecule has 0 saturated carbocycles. The normalized spacial score (nSPS) is 10.5. The third-order valence-electron chi connectivity index (χ3n) is 2.01. The molecule has 0 radical (unpaired) electrons. The van der Waals surface area contributed by atoms with Crippen molar-refractivity contribution in [1.29, 1.82) is 0 Å². The Labute approximate surface area is 71.0 Å². The monoisotopic (exact) mass is 161 g/mol. The molecule has 2 rings (SSSR count). The van der Waals surface area contributed by atoms with E-state index in [9.17, 15) is 0 Å². The number of fused-ring (bicyclic) bond motifs is 1. The highest BCUT2D eigenvalue weighted by molar-refractivity contribution is 5.88. The third-order valence-corrected chi connectivity index (χ3v) is 2.01. The van der Waals surface area contributed by atoms with Gasteiger partial charge in [-0.15, -0.1) is 0 Å². The largest absolute Gasteiger partial charge is 0.385 e. The minimum Gasteiger partial charge on any atom is -0.385 e. The molecule has 3 heteroatoms. The van der Waals surface area contributed by atoms with Gasteiger partial charge in [0.15, 0.2) is 0 Å². The van der Waals surface area contributed by atoms with Crippen LogP contribution >= 0.6 is 0 Å². The number of rotatable bonds is 1. The van der Waals surface area contributed by atoms with Gasteiger partial charge in [0.05, 0.1) is 11.2 Å². The molecule has 0 aliphatic rings. The SMILES string of the molecule is CNc1cn(C)c2cccnc12. The van der Waals surface area contributed by atoms with Crippen LogP contribution in [-0.4, -0.2) is 16.6 Å².